The number of thioether (sulfide) groups is 2. The number of carboxylic acid groups (broad SMARTS) is 1. The minimum Gasteiger partial charge on any atom is -0.480 e. The first kappa shape index (κ1) is 14.7. The van der Waals surface area contributed by atoms with Gasteiger partial charge in [-0.15, -0.1) is 11.8 Å². The van der Waals surface area contributed by atoms with Gasteiger partial charge in [0.05, 0.1) is 4.91 Å². The molecule has 1 aromatic rings. The van der Waals surface area contributed by atoms with E-state index in [4.69, 9.17) is 5.11 Å². The van der Waals surface area contributed by atoms with Crippen LogP contribution in [0.1, 0.15) is 5.56 Å². The molecule has 7 heteroatoms. The maximum Gasteiger partial charge on any atom is 0.325 e. The summed E-state index contributed by atoms with van der Waals surface area (Å²) in [6.45, 7) is -0.349. The SMILES string of the molecule is CSc1ccc(/C=C2\SC(=NCC(=O)O)NC2=O)cc1. The van der Waals surface area contributed by atoms with E-state index in [0.717, 1.165) is 22.2 Å². The van der Waals surface area contributed by atoms with Gasteiger partial charge in [0.1, 0.15) is 6.54 Å². The molecular formula is C13H12N2O3S2. The van der Waals surface area contributed by atoms with E-state index in [1.807, 2.05) is 30.5 Å². The lowest BCUT2D eigenvalue weighted by Gasteiger charge is -1.97. The Kier molecular flexibility index (Phi) is 4.86. The van der Waals surface area contributed by atoms with Crippen LogP contribution in [0.3, 0.4) is 0 Å². The first-order chi connectivity index (χ1) is 9.58. The molecule has 1 saturated heterocycles. The van der Waals surface area contributed by atoms with Crippen LogP contribution in [0.2, 0.25) is 0 Å². The van der Waals surface area contributed by atoms with Crippen LogP contribution >= 0.6 is 23.5 Å². The fourth-order valence-electron chi connectivity index (χ4n) is 1.49. The first-order valence-corrected chi connectivity index (χ1v) is 7.74. The molecule has 0 spiro atoms. The second-order valence-corrected chi connectivity index (χ2v) is 5.76. The van der Waals surface area contributed by atoms with Crippen LogP contribution < -0.4 is 5.32 Å². The Labute approximate surface area is 124 Å². The molecule has 0 atom stereocenters. The molecule has 0 saturated carbocycles. The number of amidine groups is 1. The molecule has 1 fully saturated rings. The molecule has 20 heavy (non-hydrogen) atoms. The van der Waals surface area contributed by atoms with Crippen molar-refractivity contribution in [3.8, 4) is 0 Å². The van der Waals surface area contributed by atoms with E-state index in [2.05, 4.69) is 10.3 Å². The lowest BCUT2D eigenvalue weighted by Crippen LogP contribution is -2.20. The van der Waals surface area contributed by atoms with Crippen molar-refractivity contribution in [2.45, 2.75) is 4.90 Å². The van der Waals surface area contributed by atoms with E-state index in [9.17, 15) is 9.59 Å². The van der Waals surface area contributed by atoms with Gasteiger partial charge in [-0.05, 0) is 41.8 Å². The number of carbonyl (C=O) groups is 2. The molecule has 2 rings (SSSR count). The quantitative estimate of drug-likeness (QED) is 0.657. The highest BCUT2D eigenvalue weighted by molar-refractivity contribution is 8.18. The van der Waals surface area contributed by atoms with Crippen molar-refractivity contribution in [1.29, 1.82) is 0 Å². The normalized spacial score (nSPS) is 18.6. The fourth-order valence-corrected chi connectivity index (χ4v) is 2.72. The van der Waals surface area contributed by atoms with Crippen molar-refractivity contribution in [3.63, 3.8) is 0 Å². The number of aliphatic carboxylic acids is 1. The van der Waals surface area contributed by atoms with Gasteiger partial charge in [-0.2, -0.15) is 0 Å². The summed E-state index contributed by atoms with van der Waals surface area (Å²) in [4.78, 5) is 27.6. The van der Waals surface area contributed by atoms with Crippen LogP contribution in [0.25, 0.3) is 6.08 Å². The van der Waals surface area contributed by atoms with Gasteiger partial charge in [-0.1, -0.05) is 12.1 Å². The number of rotatable bonds is 4. The van der Waals surface area contributed by atoms with Gasteiger partial charge in [0.15, 0.2) is 5.17 Å². The van der Waals surface area contributed by atoms with Gasteiger partial charge in [0.2, 0.25) is 0 Å². The fraction of sp³-hybridized carbons (Fsp3) is 0.154. The zero-order valence-corrected chi connectivity index (χ0v) is 12.3. The molecule has 2 N–H and O–H groups in total. The van der Waals surface area contributed by atoms with Crippen LogP contribution in [-0.2, 0) is 9.59 Å². The molecule has 1 aliphatic rings. The number of benzene rings is 1. The number of carbonyl (C=O) groups excluding carboxylic acids is 1. The van der Waals surface area contributed by atoms with Gasteiger partial charge in [-0.25, -0.2) is 0 Å². The predicted molar refractivity (Wildman–Crippen MR) is 81.9 cm³/mol. The summed E-state index contributed by atoms with van der Waals surface area (Å²) < 4.78 is 0. The lowest BCUT2D eigenvalue weighted by atomic mass is 10.2. The molecule has 1 heterocycles. The molecule has 5 nitrogen and oxygen atoms in total. The summed E-state index contributed by atoms with van der Waals surface area (Å²) in [6, 6.07) is 7.82. The molecule has 1 aliphatic heterocycles. The zero-order valence-electron chi connectivity index (χ0n) is 10.6. The van der Waals surface area contributed by atoms with Crippen LogP contribution in [0, 0.1) is 0 Å². The second kappa shape index (κ2) is 6.62. The standard InChI is InChI=1S/C13H12N2O3S2/c1-19-9-4-2-8(3-5-9)6-10-12(18)15-13(20-10)14-7-11(16)17/h2-6H,7H2,1H3,(H,16,17)(H,14,15,18)/b10-6-. The maximum absolute atomic E-state index is 11.7. The van der Waals surface area contributed by atoms with Crippen LogP contribution in [0.5, 0.6) is 0 Å². The van der Waals surface area contributed by atoms with Crippen molar-refractivity contribution in [1.82, 2.24) is 5.32 Å². The van der Waals surface area contributed by atoms with Gasteiger partial charge < -0.3 is 10.4 Å². The van der Waals surface area contributed by atoms with Crippen LogP contribution in [0.15, 0.2) is 39.1 Å². The predicted octanol–water partition coefficient (Wildman–Crippen LogP) is 2.05. The Morgan fingerprint density at radius 1 is 1.45 bits per heavy atom. The highest BCUT2D eigenvalue weighted by Crippen LogP contribution is 2.26. The summed E-state index contributed by atoms with van der Waals surface area (Å²) in [5, 5.41) is 11.4. The molecule has 1 amide bonds. The summed E-state index contributed by atoms with van der Waals surface area (Å²) >= 11 is 2.80. The Hall–Kier alpha value is -1.73. The molecule has 0 aromatic heterocycles. The maximum atomic E-state index is 11.7. The summed E-state index contributed by atoms with van der Waals surface area (Å²) in [5.74, 6) is -1.29. The molecule has 1 aromatic carbocycles. The molecule has 0 unspecified atom stereocenters. The molecule has 0 bridgehead atoms. The molecule has 104 valence electrons. The van der Waals surface area contributed by atoms with Crippen molar-refractivity contribution in [3.05, 3.63) is 34.7 Å². The average molecular weight is 308 g/mol. The number of amides is 1. The molecular weight excluding hydrogens is 296 g/mol. The summed E-state index contributed by atoms with van der Waals surface area (Å²) in [5.41, 5.74) is 0.917. The van der Waals surface area contributed by atoms with Crippen molar-refractivity contribution in [2.24, 2.45) is 4.99 Å². The number of nitrogens with zero attached hydrogens (tertiary/aromatic N) is 1. The minimum atomic E-state index is -1.03. The largest absolute Gasteiger partial charge is 0.480 e. The van der Waals surface area contributed by atoms with E-state index in [1.165, 1.54) is 0 Å². The Morgan fingerprint density at radius 3 is 2.75 bits per heavy atom. The van der Waals surface area contributed by atoms with E-state index in [1.54, 1.807) is 17.8 Å². The van der Waals surface area contributed by atoms with E-state index >= 15 is 0 Å². The van der Waals surface area contributed by atoms with Crippen molar-refractivity contribution < 1.29 is 14.7 Å². The molecule has 0 radical (unpaired) electrons. The Bertz CT molecular complexity index is 594. The van der Waals surface area contributed by atoms with Crippen LogP contribution in [0.4, 0.5) is 0 Å². The Balaban J connectivity index is 2.12. The number of hydrogen-bond donors (Lipinski definition) is 2. The van der Waals surface area contributed by atoms with Crippen molar-refractivity contribution in [2.75, 3.05) is 12.8 Å². The smallest absolute Gasteiger partial charge is 0.325 e. The summed E-state index contributed by atoms with van der Waals surface area (Å²) in [6.07, 6.45) is 3.76. The van der Waals surface area contributed by atoms with Crippen LogP contribution in [-0.4, -0.2) is 35.0 Å². The molecule has 0 aliphatic carbocycles. The third-order valence-electron chi connectivity index (χ3n) is 2.42. The third kappa shape index (κ3) is 3.88. The Morgan fingerprint density at radius 2 is 2.15 bits per heavy atom. The zero-order chi connectivity index (χ0) is 14.5. The second-order valence-electron chi connectivity index (χ2n) is 3.85. The van der Waals surface area contributed by atoms with Gasteiger partial charge >= 0.3 is 5.97 Å². The number of hydrogen-bond acceptors (Lipinski definition) is 5. The number of aliphatic imine (C=N–C) groups is 1. The topological polar surface area (TPSA) is 78.8 Å². The van der Waals surface area contributed by atoms with Gasteiger partial charge in [0.25, 0.3) is 5.91 Å². The van der Waals surface area contributed by atoms with Crippen molar-refractivity contribution >= 4 is 46.6 Å². The van der Waals surface area contributed by atoms with E-state index < -0.39 is 5.97 Å². The summed E-state index contributed by atoms with van der Waals surface area (Å²) in [7, 11) is 0. The number of nitrogens with one attached hydrogen (secondary N) is 1. The van der Waals surface area contributed by atoms with E-state index in [0.29, 0.717) is 10.1 Å². The third-order valence-corrected chi connectivity index (χ3v) is 4.11. The minimum absolute atomic E-state index is 0.256. The lowest BCUT2D eigenvalue weighted by molar-refractivity contribution is -0.135. The van der Waals surface area contributed by atoms with E-state index in [-0.39, 0.29) is 12.5 Å². The highest BCUT2D eigenvalue weighted by Gasteiger charge is 2.23. The highest BCUT2D eigenvalue weighted by atomic mass is 32.2. The van der Waals surface area contributed by atoms with Gasteiger partial charge in [-0.3, -0.25) is 14.6 Å². The van der Waals surface area contributed by atoms with Gasteiger partial charge in [0, 0.05) is 4.90 Å². The number of carboxylic acids is 1. The average Bonchev–Trinajstić information content (AvgIpc) is 2.78. The monoisotopic (exact) mass is 308 g/mol. The first-order valence-electron chi connectivity index (χ1n) is 5.69.